The summed E-state index contributed by atoms with van der Waals surface area (Å²) in [7, 11) is 0. The van der Waals surface area contributed by atoms with Crippen LogP contribution >= 0.6 is 11.3 Å². The van der Waals surface area contributed by atoms with Gasteiger partial charge in [0.15, 0.2) is 11.5 Å². The first-order chi connectivity index (χ1) is 12.2. The smallest absolute Gasteiger partial charge is 0.283 e. The molecule has 0 radical (unpaired) electrons. The Morgan fingerprint density at radius 3 is 2.88 bits per heavy atom. The van der Waals surface area contributed by atoms with Gasteiger partial charge in [-0.1, -0.05) is 23.5 Å². The molecule has 3 heterocycles. The molecule has 2 aromatic heterocycles. The Morgan fingerprint density at radius 1 is 1.20 bits per heavy atom. The van der Waals surface area contributed by atoms with Crippen LogP contribution in [0.4, 0.5) is 10.8 Å². The summed E-state index contributed by atoms with van der Waals surface area (Å²) in [5.74, 6) is 1.16. The lowest BCUT2D eigenvalue weighted by molar-refractivity contribution is 0.174. The average Bonchev–Trinajstić information content (AvgIpc) is 3.20. The highest BCUT2D eigenvalue weighted by atomic mass is 32.1. The summed E-state index contributed by atoms with van der Waals surface area (Å²) in [4.78, 5) is 17.8. The highest BCUT2D eigenvalue weighted by Crippen LogP contribution is 2.35. The maximum Gasteiger partial charge on any atom is 0.283 e. The maximum atomic E-state index is 12.8. The maximum absolute atomic E-state index is 12.8. The van der Waals surface area contributed by atoms with E-state index in [-0.39, 0.29) is 12.4 Å². The van der Waals surface area contributed by atoms with Gasteiger partial charge in [-0.3, -0.25) is 4.79 Å². The van der Waals surface area contributed by atoms with Crippen LogP contribution in [0, 0.1) is 6.92 Å². The van der Waals surface area contributed by atoms with Crippen LogP contribution in [-0.2, 0) is 0 Å². The van der Waals surface area contributed by atoms with E-state index < -0.39 is 0 Å². The van der Waals surface area contributed by atoms with E-state index in [1.54, 1.807) is 12.1 Å². The summed E-state index contributed by atoms with van der Waals surface area (Å²) >= 11 is 1.32. The zero-order valence-electron chi connectivity index (χ0n) is 13.1. The van der Waals surface area contributed by atoms with E-state index in [4.69, 9.17) is 9.47 Å². The van der Waals surface area contributed by atoms with Crippen molar-refractivity contribution in [2.75, 3.05) is 12.1 Å². The fraction of sp³-hybridized carbons (Fsp3) is 0.118. The Bertz CT molecular complexity index is 1200. The molecule has 4 aromatic rings. The van der Waals surface area contributed by atoms with E-state index in [0.717, 1.165) is 11.3 Å². The van der Waals surface area contributed by atoms with E-state index >= 15 is 0 Å². The summed E-state index contributed by atoms with van der Waals surface area (Å²) in [6.07, 6.45) is 0. The third-order valence-corrected chi connectivity index (χ3v) is 4.78. The van der Waals surface area contributed by atoms with Crippen molar-refractivity contribution in [3.8, 4) is 11.5 Å². The summed E-state index contributed by atoms with van der Waals surface area (Å²) in [5, 5.41) is 8.63. The number of fused-ring (bicyclic) bond motifs is 3. The number of aryl methyl sites for hydroxylation is 1. The van der Waals surface area contributed by atoms with E-state index in [1.165, 1.54) is 15.9 Å². The number of hydrogen-bond donors (Lipinski definition) is 1. The molecule has 0 spiro atoms. The van der Waals surface area contributed by atoms with Gasteiger partial charge < -0.3 is 14.8 Å². The van der Waals surface area contributed by atoms with Crippen LogP contribution in [0.3, 0.4) is 0 Å². The molecular formula is C17H12N4O3S. The van der Waals surface area contributed by atoms with Crippen molar-refractivity contribution in [1.82, 2.24) is 14.6 Å². The van der Waals surface area contributed by atoms with Crippen molar-refractivity contribution in [2.24, 2.45) is 0 Å². The number of nitrogens with one attached hydrogen (secondary N) is 1. The van der Waals surface area contributed by atoms with Crippen LogP contribution in [0.1, 0.15) is 5.56 Å². The van der Waals surface area contributed by atoms with Gasteiger partial charge in [-0.2, -0.15) is 4.52 Å². The fourth-order valence-electron chi connectivity index (χ4n) is 2.80. The van der Waals surface area contributed by atoms with Gasteiger partial charge in [-0.15, -0.1) is 5.10 Å². The normalized spacial score (nSPS) is 12.8. The van der Waals surface area contributed by atoms with Crippen LogP contribution in [0.15, 0.2) is 41.2 Å². The molecule has 8 heteroatoms. The van der Waals surface area contributed by atoms with Gasteiger partial charge in [-0.25, -0.2) is 4.98 Å². The largest absolute Gasteiger partial charge is 0.454 e. The third-order valence-electron chi connectivity index (χ3n) is 3.96. The quantitative estimate of drug-likeness (QED) is 0.597. The molecule has 1 aliphatic heterocycles. The van der Waals surface area contributed by atoms with Crippen molar-refractivity contribution in [3.05, 3.63) is 52.3 Å². The molecule has 7 nitrogen and oxygen atoms in total. The molecule has 25 heavy (non-hydrogen) atoms. The van der Waals surface area contributed by atoms with E-state index in [2.05, 4.69) is 15.4 Å². The lowest BCUT2D eigenvalue weighted by Crippen LogP contribution is -2.15. The first kappa shape index (κ1) is 14.2. The third kappa shape index (κ3) is 2.30. The Morgan fingerprint density at radius 2 is 2.04 bits per heavy atom. The van der Waals surface area contributed by atoms with Gasteiger partial charge in [-0.05, 0) is 30.7 Å². The highest BCUT2D eigenvalue weighted by molar-refractivity contribution is 7.20. The Balaban J connectivity index is 1.65. The van der Waals surface area contributed by atoms with Crippen LogP contribution in [0.25, 0.3) is 15.9 Å². The van der Waals surface area contributed by atoms with Gasteiger partial charge in [0.2, 0.25) is 16.9 Å². The highest BCUT2D eigenvalue weighted by Gasteiger charge is 2.18. The summed E-state index contributed by atoms with van der Waals surface area (Å²) in [5.41, 5.74) is 2.39. The van der Waals surface area contributed by atoms with Gasteiger partial charge in [0.05, 0.1) is 10.9 Å². The molecule has 0 saturated heterocycles. The van der Waals surface area contributed by atoms with Crippen molar-refractivity contribution in [2.45, 2.75) is 6.92 Å². The number of ether oxygens (including phenoxy) is 2. The minimum atomic E-state index is -0.230. The van der Waals surface area contributed by atoms with E-state index in [0.29, 0.717) is 32.5 Å². The number of benzene rings is 2. The summed E-state index contributed by atoms with van der Waals surface area (Å²) in [6, 6.07) is 11.3. The Labute approximate surface area is 145 Å². The standard InChI is InChI=1S/C17H12N4O3S/c1-9-3-2-4-10(5-9)18-16-20-21-15(22)11-6-13-14(24-8-23-13)7-12(11)19-17(21)25-16/h2-7H,8H2,1H3,(H,18,20). The lowest BCUT2D eigenvalue weighted by Gasteiger charge is -2.01. The second kappa shape index (κ2) is 5.18. The second-order valence-corrected chi connectivity index (χ2v) is 6.69. The Kier molecular flexibility index (Phi) is 2.95. The van der Waals surface area contributed by atoms with Crippen molar-refractivity contribution in [3.63, 3.8) is 0 Å². The molecule has 2 aromatic carbocycles. The van der Waals surface area contributed by atoms with Crippen molar-refractivity contribution >= 4 is 38.0 Å². The minimum absolute atomic E-state index is 0.157. The number of nitrogens with zero attached hydrogens (tertiary/aromatic N) is 3. The molecule has 0 aliphatic carbocycles. The van der Waals surface area contributed by atoms with E-state index in [1.807, 2.05) is 31.2 Å². The molecule has 0 amide bonds. The van der Waals surface area contributed by atoms with Gasteiger partial charge in [0.1, 0.15) is 0 Å². The monoisotopic (exact) mass is 352 g/mol. The first-order valence-corrected chi connectivity index (χ1v) is 8.46. The molecule has 1 aliphatic rings. The zero-order chi connectivity index (χ0) is 17.0. The molecule has 1 N–H and O–H groups in total. The zero-order valence-corrected chi connectivity index (χ0v) is 14.0. The predicted octanol–water partition coefficient (Wildman–Crippen LogP) is 3.08. The number of hydrogen-bond acceptors (Lipinski definition) is 7. The first-order valence-electron chi connectivity index (χ1n) is 7.64. The molecular weight excluding hydrogens is 340 g/mol. The summed E-state index contributed by atoms with van der Waals surface area (Å²) < 4.78 is 12.0. The molecule has 0 saturated carbocycles. The van der Waals surface area contributed by atoms with Crippen molar-refractivity contribution in [1.29, 1.82) is 0 Å². The van der Waals surface area contributed by atoms with Crippen molar-refractivity contribution < 1.29 is 9.47 Å². The molecule has 0 bridgehead atoms. The van der Waals surface area contributed by atoms with Crippen LogP contribution < -0.4 is 20.3 Å². The van der Waals surface area contributed by atoms with E-state index in [9.17, 15) is 4.79 Å². The minimum Gasteiger partial charge on any atom is -0.454 e. The topological polar surface area (TPSA) is 77.8 Å². The SMILES string of the molecule is Cc1cccc(Nc2nn3c(=O)c4cc5c(cc4nc3s2)OCO5)c1. The van der Waals surface area contributed by atoms with Crippen LogP contribution in [-0.4, -0.2) is 21.4 Å². The van der Waals surface area contributed by atoms with Crippen LogP contribution in [0.2, 0.25) is 0 Å². The molecule has 0 unspecified atom stereocenters. The summed E-state index contributed by atoms with van der Waals surface area (Å²) in [6.45, 7) is 2.18. The predicted molar refractivity (Wildman–Crippen MR) is 95.2 cm³/mol. The van der Waals surface area contributed by atoms with Crippen LogP contribution in [0.5, 0.6) is 11.5 Å². The molecule has 0 atom stereocenters. The van der Waals surface area contributed by atoms with Gasteiger partial charge >= 0.3 is 0 Å². The second-order valence-electron chi connectivity index (χ2n) is 5.74. The fourth-order valence-corrected chi connectivity index (χ4v) is 3.61. The number of anilines is 2. The van der Waals surface area contributed by atoms with Gasteiger partial charge in [0.25, 0.3) is 5.56 Å². The molecule has 5 rings (SSSR count). The average molecular weight is 352 g/mol. The Hall–Kier alpha value is -3.13. The molecule has 124 valence electrons. The molecule has 0 fully saturated rings. The van der Waals surface area contributed by atoms with Gasteiger partial charge in [0, 0.05) is 11.8 Å². The number of rotatable bonds is 2. The lowest BCUT2D eigenvalue weighted by atomic mass is 10.2. The number of aromatic nitrogens is 3.